The van der Waals surface area contributed by atoms with Crippen LogP contribution < -0.4 is 5.32 Å². The van der Waals surface area contributed by atoms with Crippen LogP contribution in [0, 0.1) is 5.82 Å². The number of phenols is 1. The molecule has 3 aromatic carbocycles. The minimum Gasteiger partial charge on any atom is -0.508 e. The molecule has 1 atom stereocenters. The van der Waals surface area contributed by atoms with Gasteiger partial charge in [0.05, 0.1) is 0 Å². The van der Waals surface area contributed by atoms with Gasteiger partial charge in [-0.1, -0.05) is 55.3 Å². The minimum absolute atomic E-state index is 0.0565. The number of rotatable bonds is 9. The average molecular weight is 529 g/mol. The number of hydrogen-bond acceptors (Lipinski definition) is 6. The van der Waals surface area contributed by atoms with Crippen LogP contribution in [0.3, 0.4) is 0 Å². The van der Waals surface area contributed by atoms with Gasteiger partial charge in [0.25, 0.3) is 0 Å². The monoisotopic (exact) mass is 528 g/mol. The van der Waals surface area contributed by atoms with Crippen molar-refractivity contribution in [2.75, 3.05) is 0 Å². The molecule has 1 fully saturated rings. The minimum atomic E-state index is -0.945. The number of phenolic OH excluding ortho intramolecular Hbond substituents is 1. The summed E-state index contributed by atoms with van der Waals surface area (Å²) < 4.78 is 13.3. The Hall–Kier alpha value is -4.60. The summed E-state index contributed by atoms with van der Waals surface area (Å²) in [5.74, 6) is -0.729. The number of amides is 2. The zero-order valence-electron chi connectivity index (χ0n) is 21.3. The third kappa shape index (κ3) is 6.46. The molecule has 0 bridgehead atoms. The SMILES string of the molecule is O=C(NC1CCCC1)[C@H](c1ccc(O)cc1)N(Cc1ccccc1)C(=O)Cn1nnc(-c2ccc(F)cc2)n1. The number of hydrogen-bond donors (Lipinski definition) is 2. The Labute approximate surface area is 225 Å². The Bertz CT molecular complexity index is 1400. The number of nitrogens with one attached hydrogen (secondary N) is 1. The van der Waals surface area contributed by atoms with E-state index in [4.69, 9.17) is 0 Å². The van der Waals surface area contributed by atoms with E-state index in [9.17, 15) is 19.1 Å². The fourth-order valence-electron chi connectivity index (χ4n) is 4.82. The Balaban J connectivity index is 1.45. The number of aromatic nitrogens is 4. The van der Waals surface area contributed by atoms with E-state index < -0.39 is 6.04 Å². The van der Waals surface area contributed by atoms with E-state index >= 15 is 0 Å². The zero-order chi connectivity index (χ0) is 27.2. The van der Waals surface area contributed by atoms with Crippen molar-refractivity contribution in [1.82, 2.24) is 30.4 Å². The first-order valence-corrected chi connectivity index (χ1v) is 12.9. The molecule has 10 heteroatoms. The summed E-state index contributed by atoms with van der Waals surface area (Å²) in [5.41, 5.74) is 1.99. The number of aromatic hydroxyl groups is 1. The average Bonchev–Trinajstić information content (AvgIpc) is 3.63. The molecule has 200 valence electrons. The summed E-state index contributed by atoms with van der Waals surface area (Å²) >= 11 is 0. The highest BCUT2D eigenvalue weighted by atomic mass is 19.1. The molecule has 0 radical (unpaired) electrons. The number of carbonyl (C=O) groups is 2. The van der Waals surface area contributed by atoms with Crippen molar-refractivity contribution in [3.05, 3.63) is 95.8 Å². The molecular weight excluding hydrogens is 499 g/mol. The second kappa shape index (κ2) is 11.8. The van der Waals surface area contributed by atoms with Gasteiger partial charge in [-0.3, -0.25) is 9.59 Å². The smallest absolute Gasteiger partial charge is 0.247 e. The second-order valence-corrected chi connectivity index (χ2v) is 9.64. The number of nitrogens with zero attached hydrogens (tertiary/aromatic N) is 5. The van der Waals surface area contributed by atoms with Crippen molar-refractivity contribution in [1.29, 1.82) is 0 Å². The lowest BCUT2D eigenvalue weighted by Gasteiger charge is -2.32. The Morgan fingerprint density at radius 1 is 1.00 bits per heavy atom. The third-order valence-corrected chi connectivity index (χ3v) is 6.82. The fourth-order valence-corrected chi connectivity index (χ4v) is 4.82. The lowest BCUT2D eigenvalue weighted by molar-refractivity contribution is -0.142. The third-order valence-electron chi connectivity index (χ3n) is 6.82. The molecule has 1 saturated carbocycles. The summed E-state index contributed by atoms with van der Waals surface area (Å²) in [6, 6.07) is 20.5. The largest absolute Gasteiger partial charge is 0.508 e. The lowest BCUT2D eigenvalue weighted by Crippen LogP contribution is -2.46. The molecule has 0 unspecified atom stereocenters. The summed E-state index contributed by atoms with van der Waals surface area (Å²) in [6.45, 7) is -0.0882. The van der Waals surface area contributed by atoms with Gasteiger partial charge in [0.1, 0.15) is 24.2 Å². The molecule has 1 aliphatic rings. The number of carbonyl (C=O) groups excluding carboxylic acids is 2. The standard InChI is InChI=1S/C29H29FN6O3/c30-23-14-10-22(11-15-23)28-32-34-36(33-28)19-26(38)35(18-20-6-2-1-3-7-20)27(21-12-16-25(37)17-13-21)29(39)31-24-8-4-5-9-24/h1-3,6-7,10-17,24,27,37H,4-5,8-9,18-19H2,(H,31,39)/t27-/m0/s1. The number of benzene rings is 3. The van der Waals surface area contributed by atoms with Gasteiger partial charge in [-0.05, 0) is 65.6 Å². The zero-order valence-corrected chi connectivity index (χ0v) is 21.3. The van der Waals surface area contributed by atoms with Crippen LogP contribution in [0.4, 0.5) is 4.39 Å². The summed E-state index contributed by atoms with van der Waals surface area (Å²) in [5, 5.41) is 25.3. The van der Waals surface area contributed by atoms with E-state index in [-0.39, 0.29) is 48.3 Å². The van der Waals surface area contributed by atoms with Crippen molar-refractivity contribution in [3.8, 4) is 17.1 Å². The van der Waals surface area contributed by atoms with Gasteiger partial charge < -0.3 is 15.3 Å². The van der Waals surface area contributed by atoms with Crippen molar-refractivity contribution in [2.24, 2.45) is 0 Å². The first-order valence-electron chi connectivity index (χ1n) is 12.9. The van der Waals surface area contributed by atoms with E-state index in [0.29, 0.717) is 11.1 Å². The predicted octanol–water partition coefficient (Wildman–Crippen LogP) is 4.01. The van der Waals surface area contributed by atoms with Gasteiger partial charge in [-0.25, -0.2) is 4.39 Å². The lowest BCUT2D eigenvalue weighted by atomic mass is 10.0. The van der Waals surface area contributed by atoms with E-state index in [0.717, 1.165) is 31.2 Å². The van der Waals surface area contributed by atoms with Crippen molar-refractivity contribution in [3.63, 3.8) is 0 Å². The van der Waals surface area contributed by atoms with Gasteiger partial charge in [-0.15, -0.1) is 10.2 Å². The van der Waals surface area contributed by atoms with Gasteiger partial charge in [0.2, 0.25) is 17.6 Å². The summed E-state index contributed by atoms with van der Waals surface area (Å²) in [7, 11) is 0. The Morgan fingerprint density at radius 3 is 2.38 bits per heavy atom. The predicted molar refractivity (Wildman–Crippen MR) is 141 cm³/mol. The van der Waals surface area contributed by atoms with Crippen LogP contribution in [-0.2, 0) is 22.7 Å². The van der Waals surface area contributed by atoms with Gasteiger partial charge in [0.15, 0.2) is 0 Å². The molecule has 4 aromatic rings. The van der Waals surface area contributed by atoms with E-state index in [2.05, 4.69) is 20.7 Å². The topological polar surface area (TPSA) is 113 Å². The summed E-state index contributed by atoms with van der Waals surface area (Å²) in [6.07, 6.45) is 3.90. The second-order valence-electron chi connectivity index (χ2n) is 9.64. The van der Waals surface area contributed by atoms with Crippen LogP contribution in [0.5, 0.6) is 5.75 Å². The van der Waals surface area contributed by atoms with E-state index in [1.807, 2.05) is 30.3 Å². The van der Waals surface area contributed by atoms with Crippen LogP contribution >= 0.6 is 0 Å². The van der Waals surface area contributed by atoms with Gasteiger partial charge in [0, 0.05) is 18.2 Å². The van der Waals surface area contributed by atoms with Crippen LogP contribution in [-0.4, -0.2) is 48.1 Å². The molecule has 2 amide bonds. The van der Waals surface area contributed by atoms with Crippen molar-refractivity contribution in [2.45, 2.75) is 50.9 Å². The molecule has 2 N–H and O–H groups in total. The molecule has 1 heterocycles. The van der Waals surface area contributed by atoms with Gasteiger partial charge >= 0.3 is 0 Å². The molecule has 0 saturated heterocycles. The Morgan fingerprint density at radius 2 is 1.69 bits per heavy atom. The molecule has 0 spiro atoms. The normalized spacial score (nSPS) is 14.2. The van der Waals surface area contributed by atoms with Crippen molar-refractivity contribution >= 4 is 11.8 Å². The molecule has 0 aliphatic heterocycles. The van der Waals surface area contributed by atoms with Crippen LogP contribution in [0.1, 0.15) is 42.9 Å². The van der Waals surface area contributed by atoms with Crippen molar-refractivity contribution < 1.29 is 19.1 Å². The maximum Gasteiger partial charge on any atom is 0.247 e. The fraction of sp³-hybridized carbons (Fsp3) is 0.276. The highest BCUT2D eigenvalue weighted by molar-refractivity contribution is 5.89. The maximum atomic E-state index is 13.8. The number of halogens is 1. The van der Waals surface area contributed by atoms with Crippen LogP contribution in [0.2, 0.25) is 0 Å². The molecule has 1 aromatic heterocycles. The highest BCUT2D eigenvalue weighted by Gasteiger charge is 2.33. The first-order chi connectivity index (χ1) is 19.0. The highest BCUT2D eigenvalue weighted by Crippen LogP contribution is 2.27. The quantitative estimate of drug-likeness (QED) is 0.339. The first kappa shape index (κ1) is 26.0. The van der Waals surface area contributed by atoms with Crippen LogP contribution in [0.25, 0.3) is 11.4 Å². The number of tetrazole rings is 1. The molecular formula is C29H29FN6O3. The molecule has 9 nitrogen and oxygen atoms in total. The van der Waals surface area contributed by atoms with Gasteiger partial charge in [-0.2, -0.15) is 4.80 Å². The molecule has 1 aliphatic carbocycles. The maximum absolute atomic E-state index is 13.8. The van der Waals surface area contributed by atoms with E-state index in [1.165, 1.54) is 46.1 Å². The van der Waals surface area contributed by atoms with Crippen LogP contribution in [0.15, 0.2) is 78.9 Å². The Kier molecular flexibility index (Phi) is 7.91. The van der Waals surface area contributed by atoms with E-state index in [1.54, 1.807) is 12.1 Å². The molecule has 5 rings (SSSR count). The summed E-state index contributed by atoms with van der Waals surface area (Å²) in [4.78, 5) is 30.3. The molecule has 39 heavy (non-hydrogen) atoms.